The molecule has 1 heterocycles. The van der Waals surface area contributed by atoms with Crippen molar-refractivity contribution in [3.05, 3.63) is 11.8 Å². The predicted octanol–water partition coefficient (Wildman–Crippen LogP) is 2.77. The molecule has 0 spiro atoms. The Morgan fingerprint density at radius 3 is 2.84 bits per heavy atom. The average molecular weight is 264 g/mol. The van der Waals surface area contributed by atoms with E-state index >= 15 is 0 Å². The normalized spacial score (nSPS) is 28.9. The minimum atomic E-state index is -0.742. The number of nitrogens with zero attached hydrogens (tertiary/aromatic N) is 2. The van der Waals surface area contributed by atoms with Crippen molar-refractivity contribution in [1.29, 1.82) is 0 Å². The van der Waals surface area contributed by atoms with Gasteiger partial charge in [0.05, 0.1) is 0 Å². The molecule has 0 amide bonds. The Labute approximate surface area is 112 Å². The molecule has 104 valence electrons. The zero-order valence-corrected chi connectivity index (χ0v) is 11.0. The lowest BCUT2D eigenvalue weighted by atomic mass is 9.89. The maximum absolute atomic E-state index is 10.4. The summed E-state index contributed by atoms with van der Waals surface area (Å²) in [4.78, 5) is 10.4. The van der Waals surface area contributed by atoms with Gasteiger partial charge in [-0.2, -0.15) is 0 Å². The summed E-state index contributed by atoms with van der Waals surface area (Å²) in [5, 5.41) is 16.9. The van der Waals surface area contributed by atoms with Gasteiger partial charge in [-0.15, -0.1) is 10.2 Å². The largest absolute Gasteiger partial charge is 0.481 e. The van der Waals surface area contributed by atoms with Gasteiger partial charge in [0.25, 0.3) is 0 Å². The third-order valence-corrected chi connectivity index (χ3v) is 4.57. The molecule has 5 nitrogen and oxygen atoms in total. The molecule has 0 saturated heterocycles. The van der Waals surface area contributed by atoms with E-state index in [4.69, 9.17) is 9.52 Å². The predicted molar refractivity (Wildman–Crippen MR) is 67.7 cm³/mol. The van der Waals surface area contributed by atoms with Crippen LogP contribution in [0.15, 0.2) is 4.42 Å². The fraction of sp³-hybridized carbons (Fsp3) is 0.786. The van der Waals surface area contributed by atoms with Gasteiger partial charge in [0.1, 0.15) is 0 Å². The third kappa shape index (κ3) is 2.80. The molecule has 1 N–H and O–H groups in total. The van der Waals surface area contributed by atoms with E-state index in [2.05, 4.69) is 10.2 Å². The van der Waals surface area contributed by atoms with Gasteiger partial charge in [0.15, 0.2) is 0 Å². The molecule has 2 saturated carbocycles. The number of carboxylic acid groups (broad SMARTS) is 1. The van der Waals surface area contributed by atoms with Gasteiger partial charge in [-0.05, 0) is 43.9 Å². The van der Waals surface area contributed by atoms with Gasteiger partial charge >= 0.3 is 5.97 Å². The summed E-state index contributed by atoms with van der Waals surface area (Å²) in [5.74, 6) is 2.86. The van der Waals surface area contributed by atoms with Crippen LogP contribution in [0.1, 0.15) is 62.6 Å². The molecule has 2 bridgehead atoms. The molecule has 19 heavy (non-hydrogen) atoms. The highest BCUT2D eigenvalue weighted by molar-refractivity contribution is 5.66. The summed E-state index contributed by atoms with van der Waals surface area (Å²) in [7, 11) is 0. The smallest absolute Gasteiger partial charge is 0.303 e. The first-order valence-electron chi connectivity index (χ1n) is 7.26. The monoisotopic (exact) mass is 264 g/mol. The van der Waals surface area contributed by atoms with Gasteiger partial charge in [0, 0.05) is 18.8 Å². The van der Waals surface area contributed by atoms with Crippen LogP contribution >= 0.6 is 0 Å². The molecule has 0 radical (unpaired) electrons. The Bertz CT molecular complexity index is 457. The van der Waals surface area contributed by atoms with Crippen molar-refractivity contribution in [3.8, 4) is 0 Å². The van der Waals surface area contributed by atoms with E-state index in [9.17, 15) is 4.79 Å². The van der Waals surface area contributed by atoms with Gasteiger partial charge in [0.2, 0.25) is 11.8 Å². The maximum atomic E-state index is 10.4. The Balaban J connectivity index is 1.51. The van der Waals surface area contributed by atoms with Crippen LogP contribution in [0, 0.1) is 11.8 Å². The first-order chi connectivity index (χ1) is 9.22. The molecular weight excluding hydrogens is 244 g/mol. The van der Waals surface area contributed by atoms with Gasteiger partial charge in [-0.25, -0.2) is 0 Å². The Kier molecular flexibility index (Phi) is 3.53. The first-order valence-corrected chi connectivity index (χ1v) is 7.26. The fourth-order valence-corrected chi connectivity index (χ4v) is 3.62. The molecule has 2 aliphatic carbocycles. The quantitative estimate of drug-likeness (QED) is 0.799. The van der Waals surface area contributed by atoms with Crippen LogP contribution in [-0.4, -0.2) is 21.3 Å². The average Bonchev–Trinajstić information content (AvgIpc) is 3.09. The summed E-state index contributed by atoms with van der Waals surface area (Å²) >= 11 is 0. The minimum Gasteiger partial charge on any atom is -0.481 e. The highest BCUT2D eigenvalue weighted by Gasteiger charge is 2.42. The van der Waals surface area contributed by atoms with E-state index in [1.54, 1.807) is 0 Å². The topological polar surface area (TPSA) is 76.2 Å². The van der Waals surface area contributed by atoms with E-state index in [-0.39, 0.29) is 6.42 Å². The Morgan fingerprint density at radius 1 is 1.26 bits per heavy atom. The van der Waals surface area contributed by atoms with Crippen LogP contribution in [0.25, 0.3) is 0 Å². The van der Waals surface area contributed by atoms with Crippen LogP contribution in [0.2, 0.25) is 0 Å². The van der Waals surface area contributed by atoms with Crippen LogP contribution in [0.5, 0.6) is 0 Å². The van der Waals surface area contributed by atoms with Crippen molar-refractivity contribution in [2.75, 3.05) is 0 Å². The number of carbonyl (C=O) groups is 1. The lowest BCUT2D eigenvalue weighted by Crippen LogP contribution is -2.08. The van der Waals surface area contributed by atoms with Crippen molar-refractivity contribution >= 4 is 5.97 Å². The van der Waals surface area contributed by atoms with Crippen molar-refractivity contribution in [2.45, 2.75) is 57.3 Å². The van der Waals surface area contributed by atoms with Gasteiger partial charge < -0.3 is 9.52 Å². The van der Waals surface area contributed by atoms with Crippen LogP contribution in [0.3, 0.4) is 0 Å². The summed E-state index contributed by atoms with van der Waals surface area (Å²) in [6, 6.07) is 0. The molecule has 3 unspecified atom stereocenters. The summed E-state index contributed by atoms with van der Waals surface area (Å²) in [6.45, 7) is 0. The Hall–Kier alpha value is -1.39. The lowest BCUT2D eigenvalue weighted by molar-refractivity contribution is -0.137. The van der Waals surface area contributed by atoms with Crippen LogP contribution < -0.4 is 0 Å². The molecular formula is C14H20N2O3. The summed E-state index contributed by atoms with van der Waals surface area (Å²) < 4.78 is 5.76. The lowest BCUT2D eigenvalue weighted by Gasteiger charge is -2.17. The summed E-state index contributed by atoms with van der Waals surface area (Å²) in [6.07, 6.45) is 7.61. The molecule has 0 aromatic carbocycles. The van der Waals surface area contributed by atoms with Crippen LogP contribution in [-0.2, 0) is 11.2 Å². The number of aromatic nitrogens is 2. The van der Waals surface area contributed by atoms with E-state index in [0.717, 1.165) is 24.1 Å². The van der Waals surface area contributed by atoms with E-state index in [1.807, 2.05) is 0 Å². The number of fused-ring (bicyclic) bond motifs is 2. The number of aryl methyl sites for hydroxylation is 1. The third-order valence-electron chi connectivity index (χ3n) is 4.57. The standard InChI is InChI=1S/C14H20N2O3/c17-13(18)4-2-1-3-12-15-16-14(19-12)11-8-9-5-6-10(11)7-9/h9-11H,1-8H2,(H,17,18). The SMILES string of the molecule is O=C(O)CCCCc1nnc(C2CC3CCC2C3)o1. The zero-order valence-electron chi connectivity index (χ0n) is 11.0. The molecule has 2 aliphatic rings. The first kappa shape index (κ1) is 12.6. The van der Waals surface area contributed by atoms with Crippen LogP contribution in [0.4, 0.5) is 0 Å². The van der Waals surface area contributed by atoms with Gasteiger partial charge in [-0.3, -0.25) is 4.79 Å². The van der Waals surface area contributed by atoms with Crippen molar-refractivity contribution in [2.24, 2.45) is 11.8 Å². The Morgan fingerprint density at radius 2 is 2.16 bits per heavy atom. The van der Waals surface area contributed by atoms with E-state index < -0.39 is 5.97 Å². The number of carboxylic acids is 1. The fourth-order valence-electron chi connectivity index (χ4n) is 3.62. The zero-order chi connectivity index (χ0) is 13.2. The highest BCUT2D eigenvalue weighted by Crippen LogP contribution is 2.52. The second kappa shape index (κ2) is 5.31. The number of aliphatic carboxylic acids is 1. The second-order valence-electron chi connectivity index (χ2n) is 5.92. The summed E-state index contributed by atoms with van der Waals surface area (Å²) in [5.41, 5.74) is 0. The molecule has 1 aromatic heterocycles. The van der Waals surface area contributed by atoms with Crippen molar-refractivity contribution < 1.29 is 14.3 Å². The maximum Gasteiger partial charge on any atom is 0.303 e. The molecule has 3 rings (SSSR count). The number of hydrogen-bond acceptors (Lipinski definition) is 4. The minimum absolute atomic E-state index is 0.216. The van der Waals surface area contributed by atoms with Crippen molar-refractivity contribution in [1.82, 2.24) is 10.2 Å². The van der Waals surface area contributed by atoms with Crippen molar-refractivity contribution in [3.63, 3.8) is 0 Å². The molecule has 3 atom stereocenters. The number of rotatable bonds is 6. The molecule has 2 fully saturated rings. The second-order valence-corrected chi connectivity index (χ2v) is 5.92. The van der Waals surface area contributed by atoms with E-state index in [0.29, 0.717) is 24.7 Å². The van der Waals surface area contributed by atoms with Gasteiger partial charge in [-0.1, -0.05) is 6.42 Å². The highest BCUT2D eigenvalue weighted by atomic mass is 16.4. The molecule has 0 aliphatic heterocycles. The number of hydrogen-bond donors (Lipinski definition) is 1. The molecule has 1 aromatic rings. The molecule has 5 heteroatoms. The van der Waals surface area contributed by atoms with E-state index in [1.165, 1.54) is 25.7 Å². The number of unbranched alkanes of at least 4 members (excludes halogenated alkanes) is 1.